The molecule has 6 nitrogen and oxygen atoms in total. The van der Waals surface area contributed by atoms with Crippen LogP contribution in [0.15, 0.2) is 36.1 Å². The number of nitrogens with zero attached hydrogens (tertiary/aromatic N) is 2. The Labute approximate surface area is 180 Å². The van der Waals surface area contributed by atoms with Gasteiger partial charge in [0.2, 0.25) is 5.78 Å². The zero-order valence-electron chi connectivity index (χ0n) is 18.0. The maximum absolute atomic E-state index is 14.2. The number of allylic oxidation sites excluding steroid dienone is 1. The average Bonchev–Trinajstić information content (AvgIpc) is 3.16. The Morgan fingerprint density at radius 1 is 1.26 bits per heavy atom. The number of ether oxygens (including phenoxy) is 2. The van der Waals surface area contributed by atoms with Crippen molar-refractivity contribution in [2.24, 2.45) is 0 Å². The summed E-state index contributed by atoms with van der Waals surface area (Å²) in [6.45, 7) is 3.76. The van der Waals surface area contributed by atoms with Gasteiger partial charge in [0.25, 0.3) is 0 Å². The van der Waals surface area contributed by atoms with E-state index in [9.17, 15) is 14.3 Å². The van der Waals surface area contributed by atoms with Gasteiger partial charge in [0.1, 0.15) is 28.6 Å². The van der Waals surface area contributed by atoms with Crippen molar-refractivity contribution in [1.29, 1.82) is 0 Å². The van der Waals surface area contributed by atoms with Gasteiger partial charge in [-0.2, -0.15) is 0 Å². The molecule has 0 atom stereocenters. The summed E-state index contributed by atoms with van der Waals surface area (Å²) in [4.78, 5) is 14.9. The molecule has 0 spiro atoms. The van der Waals surface area contributed by atoms with Crippen LogP contribution in [0.1, 0.15) is 28.0 Å². The second kappa shape index (κ2) is 8.07. The number of aromatic hydroxyl groups is 1. The monoisotopic (exact) mass is 424 g/mol. The van der Waals surface area contributed by atoms with Crippen molar-refractivity contribution in [3.63, 3.8) is 0 Å². The smallest absolute Gasteiger partial charge is 0.234 e. The fourth-order valence-electron chi connectivity index (χ4n) is 4.01. The topological polar surface area (TPSA) is 63.9 Å². The van der Waals surface area contributed by atoms with Crippen molar-refractivity contribution in [3.8, 4) is 17.2 Å². The molecule has 0 unspecified atom stereocenters. The van der Waals surface area contributed by atoms with Gasteiger partial charge in [-0.3, -0.25) is 4.79 Å². The molecule has 4 rings (SSSR count). The van der Waals surface area contributed by atoms with Crippen LogP contribution in [0, 0.1) is 12.7 Å². The lowest BCUT2D eigenvalue weighted by molar-refractivity contribution is 0.101. The number of rotatable bonds is 6. The number of phenolic OH excluding ortho intramolecular Hbond substituents is 1. The second-order valence-electron chi connectivity index (χ2n) is 7.93. The standard InChI is InChI=1S/C24H25FN2O4/c1-14-17(13-22-24(29)23-19(25)10-15(28)11-21(23)31-22)18-12-16(30-4)6-7-20(18)27(14)9-5-8-26(2)3/h6-7,10-13,28H,5,8-9H2,1-4H3/b22-13-. The first-order valence-electron chi connectivity index (χ1n) is 10.1. The summed E-state index contributed by atoms with van der Waals surface area (Å²) in [5, 5.41) is 10.6. The van der Waals surface area contributed by atoms with Crippen molar-refractivity contribution in [2.75, 3.05) is 27.7 Å². The van der Waals surface area contributed by atoms with E-state index in [0.29, 0.717) is 5.75 Å². The van der Waals surface area contributed by atoms with Crippen LogP contribution >= 0.6 is 0 Å². The van der Waals surface area contributed by atoms with E-state index in [4.69, 9.17) is 9.47 Å². The van der Waals surface area contributed by atoms with Gasteiger partial charge in [-0.1, -0.05) is 0 Å². The van der Waals surface area contributed by atoms with E-state index in [0.717, 1.165) is 47.7 Å². The molecule has 3 aromatic rings. The van der Waals surface area contributed by atoms with Crippen molar-refractivity contribution >= 4 is 22.8 Å². The molecule has 31 heavy (non-hydrogen) atoms. The van der Waals surface area contributed by atoms with Gasteiger partial charge in [-0.15, -0.1) is 0 Å². The SMILES string of the molecule is COc1ccc2c(c1)c(/C=C1\Oc3cc(O)cc(F)c3C1=O)c(C)n2CCCN(C)C. The number of hydrogen-bond donors (Lipinski definition) is 1. The highest BCUT2D eigenvalue weighted by Crippen LogP contribution is 2.38. The van der Waals surface area contributed by atoms with Crippen LogP contribution < -0.4 is 9.47 Å². The lowest BCUT2D eigenvalue weighted by Gasteiger charge is -2.12. The van der Waals surface area contributed by atoms with Crippen molar-refractivity contribution in [3.05, 3.63) is 58.7 Å². The minimum atomic E-state index is -0.798. The number of halogens is 1. The van der Waals surface area contributed by atoms with Gasteiger partial charge in [0, 0.05) is 40.8 Å². The van der Waals surface area contributed by atoms with Gasteiger partial charge >= 0.3 is 0 Å². The Kier molecular flexibility index (Phi) is 5.45. The molecule has 0 bridgehead atoms. The molecule has 1 N–H and O–H groups in total. The first-order valence-corrected chi connectivity index (χ1v) is 10.1. The highest BCUT2D eigenvalue weighted by atomic mass is 19.1. The summed E-state index contributed by atoms with van der Waals surface area (Å²) < 4.78 is 27.5. The number of benzene rings is 2. The molecule has 0 radical (unpaired) electrons. The summed E-state index contributed by atoms with van der Waals surface area (Å²) in [5.41, 5.74) is 2.66. The third-order valence-corrected chi connectivity index (χ3v) is 5.55. The van der Waals surface area contributed by atoms with Crippen LogP contribution in [0.3, 0.4) is 0 Å². The number of methoxy groups -OCH3 is 1. The molecule has 1 aromatic heterocycles. The summed E-state index contributed by atoms with van der Waals surface area (Å²) in [6.07, 6.45) is 2.61. The van der Waals surface area contributed by atoms with Crippen molar-refractivity contribution < 1.29 is 23.8 Å². The predicted octanol–water partition coefficient (Wildman–Crippen LogP) is 4.37. The zero-order valence-corrected chi connectivity index (χ0v) is 18.0. The van der Waals surface area contributed by atoms with E-state index in [1.165, 1.54) is 6.07 Å². The highest BCUT2D eigenvalue weighted by Gasteiger charge is 2.32. The number of hydrogen-bond acceptors (Lipinski definition) is 5. The molecule has 2 heterocycles. The van der Waals surface area contributed by atoms with Gasteiger partial charge in [-0.25, -0.2) is 4.39 Å². The number of ketones is 1. The largest absolute Gasteiger partial charge is 0.508 e. The van der Waals surface area contributed by atoms with E-state index >= 15 is 0 Å². The predicted molar refractivity (Wildman–Crippen MR) is 117 cm³/mol. The van der Waals surface area contributed by atoms with Crippen LogP contribution in [0.5, 0.6) is 17.2 Å². The van der Waals surface area contributed by atoms with Gasteiger partial charge in [-0.05, 0) is 58.3 Å². The summed E-state index contributed by atoms with van der Waals surface area (Å²) in [7, 11) is 5.69. The van der Waals surface area contributed by atoms with Gasteiger partial charge < -0.3 is 24.0 Å². The van der Waals surface area contributed by atoms with Crippen LogP contribution in [-0.2, 0) is 6.54 Å². The van der Waals surface area contributed by atoms with Crippen LogP contribution in [0.25, 0.3) is 17.0 Å². The van der Waals surface area contributed by atoms with E-state index in [1.54, 1.807) is 13.2 Å². The third kappa shape index (κ3) is 3.77. The molecule has 1 aliphatic rings. The first-order chi connectivity index (χ1) is 14.8. The Bertz CT molecular complexity index is 1210. The minimum Gasteiger partial charge on any atom is -0.508 e. The summed E-state index contributed by atoms with van der Waals surface area (Å²) in [5.74, 6) is -0.869. The zero-order chi connectivity index (χ0) is 22.3. The number of phenols is 1. The van der Waals surface area contributed by atoms with E-state index in [1.807, 2.05) is 39.2 Å². The van der Waals surface area contributed by atoms with Crippen molar-refractivity contribution in [1.82, 2.24) is 9.47 Å². The maximum Gasteiger partial charge on any atom is 0.234 e. The van der Waals surface area contributed by atoms with Gasteiger partial charge in [0.05, 0.1) is 7.11 Å². The molecule has 2 aromatic carbocycles. The molecule has 162 valence electrons. The van der Waals surface area contributed by atoms with Gasteiger partial charge in [0.15, 0.2) is 5.76 Å². The average molecular weight is 424 g/mol. The molecule has 0 aliphatic carbocycles. The van der Waals surface area contributed by atoms with Crippen LogP contribution in [0.4, 0.5) is 4.39 Å². The fraction of sp³-hybridized carbons (Fsp3) is 0.292. The third-order valence-electron chi connectivity index (χ3n) is 5.55. The first kappa shape index (κ1) is 20.9. The molecule has 0 fully saturated rings. The fourth-order valence-corrected chi connectivity index (χ4v) is 4.01. The Morgan fingerprint density at radius 2 is 2.03 bits per heavy atom. The minimum absolute atomic E-state index is 0.0257. The molecule has 1 aliphatic heterocycles. The Hall–Kier alpha value is -3.32. The normalized spacial score (nSPS) is 14.5. The number of carbonyl (C=O) groups is 1. The number of fused-ring (bicyclic) bond motifs is 2. The van der Waals surface area contributed by atoms with Crippen molar-refractivity contribution in [2.45, 2.75) is 19.9 Å². The lowest BCUT2D eigenvalue weighted by Crippen LogP contribution is -2.15. The number of Topliss-reactive ketones (excluding diaryl/α,β-unsaturated/α-hetero) is 1. The summed E-state index contributed by atoms with van der Waals surface area (Å²) >= 11 is 0. The second-order valence-corrected chi connectivity index (χ2v) is 7.93. The quantitative estimate of drug-likeness (QED) is 0.596. The molecular weight excluding hydrogens is 399 g/mol. The Balaban J connectivity index is 1.81. The molecular formula is C24H25FN2O4. The van der Waals surface area contributed by atoms with Crippen LogP contribution in [0.2, 0.25) is 0 Å². The molecule has 0 saturated carbocycles. The molecule has 0 amide bonds. The molecule has 7 heteroatoms. The van der Waals surface area contributed by atoms with Crippen LogP contribution in [-0.4, -0.2) is 48.1 Å². The van der Waals surface area contributed by atoms with E-state index < -0.39 is 11.6 Å². The Morgan fingerprint density at radius 3 is 2.74 bits per heavy atom. The summed E-state index contributed by atoms with van der Waals surface area (Å²) in [6, 6.07) is 8.00. The number of aryl methyl sites for hydroxylation is 1. The maximum atomic E-state index is 14.2. The lowest BCUT2D eigenvalue weighted by atomic mass is 10.1. The highest BCUT2D eigenvalue weighted by molar-refractivity contribution is 6.15. The number of aromatic nitrogens is 1. The number of carbonyl (C=O) groups excluding carboxylic acids is 1. The molecule has 0 saturated heterocycles. The van der Waals surface area contributed by atoms with E-state index in [-0.39, 0.29) is 22.8 Å². The van der Waals surface area contributed by atoms with E-state index in [2.05, 4.69) is 9.47 Å².